The smallest absolute Gasteiger partial charge is 0.317 e. The van der Waals surface area contributed by atoms with Crippen LogP contribution in [0.15, 0.2) is 48.5 Å². The van der Waals surface area contributed by atoms with E-state index < -0.39 is 23.4 Å². The van der Waals surface area contributed by atoms with E-state index in [0.717, 1.165) is 18.4 Å². The zero-order valence-electron chi connectivity index (χ0n) is 15.0. The molecule has 1 N–H and O–H groups in total. The number of carbonyl (C=O) groups excluding carboxylic acids is 2. The third-order valence-corrected chi connectivity index (χ3v) is 5.36. The fraction of sp³-hybridized carbons (Fsp3) is 0.333. The molecule has 3 rings (SSSR count). The molecular weight excluding hydrogens is 369 g/mol. The predicted octanol–water partition coefficient (Wildman–Crippen LogP) is 4.86. The Hall–Kier alpha value is -2.40. The highest BCUT2D eigenvalue weighted by Crippen LogP contribution is 2.42. The van der Waals surface area contributed by atoms with E-state index in [-0.39, 0.29) is 5.82 Å². The lowest BCUT2D eigenvalue weighted by Gasteiger charge is -2.28. The number of carbonyl (C=O) groups is 2. The Morgan fingerprint density at radius 1 is 1.11 bits per heavy atom. The van der Waals surface area contributed by atoms with Gasteiger partial charge in [0.25, 0.3) is 5.91 Å². The second-order valence-corrected chi connectivity index (χ2v) is 7.22. The van der Waals surface area contributed by atoms with Crippen molar-refractivity contribution in [2.75, 3.05) is 5.32 Å². The Labute approximate surface area is 162 Å². The van der Waals surface area contributed by atoms with Gasteiger partial charge in [-0.2, -0.15) is 0 Å². The number of benzene rings is 2. The lowest BCUT2D eigenvalue weighted by molar-refractivity contribution is -0.159. The molecular formula is C21H21ClFNO3. The van der Waals surface area contributed by atoms with E-state index in [1.807, 2.05) is 0 Å². The molecule has 0 unspecified atom stereocenters. The van der Waals surface area contributed by atoms with Crippen LogP contribution in [0.2, 0.25) is 5.02 Å². The molecule has 1 aliphatic carbocycles. The molecule has 142 valence electrons. The SMILES string of the molecule is C[C@H](OC(=O)C1(c2ccc(F)cc2)CCCC1)C(=O)Nc1ccccc1Cl. The van der Waals surface area contributed by atoms with Crippen molar-refractivity contribution in [2.24, 2.45) is 0 Å². The topological polar surface area (TPSA) is 55.4 Å². The number of ether oxygens (including phenoxy) is 1. The van der Waals surface area contributed by atoms with Crippen LogP contribution >= 0.6 is 11.6 Å². The normalized spacial score (nSPS) is 16.6. The lowest BCUT2D eigenvalue weighted by atomic mass is 9.79. The van der Waals surface area contributed by atoms with E-state index in [4.69, 9.17) is 16.3 Å². The number of nitrogens with one attached hydrogen (secondary N) is 1. The third-order valence-electron chi connectivity index (χ3n) is 5.03. The van der Waals surface area contributed by atoms with Crippen molar-refractivity contribution in [3.63, 3.8) is 0 Å². The van der Waals surface area contributed by atoms with Gasteiger partial charge in [-0.05, 0) is 49.6 Å². The van der Waals surface area contributed by atoms with Gasteiger partial charge < -0.3 is 10.1 Å². The first-order valence-corrected chi connectivity index (χ1v) is 9.33. The third kappa shape index (κ3) is 4.14. The zero-order valence-corrected chi connectivity index (χ0v) is 15.8. The molecule has 0 heterocycles. The number of amides is 1. The molecule has 0 aromatic heterocycles. The Balaban J connectivity index is 1.73. The van der Waals surface area contributed by atoms with Gasteiger partial charge in [0.1, 0.15) is 5.82 Å². The number of hydrogen-bond acceptors (Lipinski definition) is 3. The van der Waals surface area contributed by atoms with E-state index in [2.05, 4.69) is 5.32 Å². The minimum absolute atomic E-state index is 0.354. The number of para-hydroxylation sites is 1. The lowest BCUT2D eigenvalue weighted by Crippen LogP contribution is -2.39. The fourth-order valence-corrected chi connectivity index (χ4v) is 3.66. The van der Waals surface area contributed by atoms with Crippen LogP contribution in [0.4, 0.5) is 10.1 Å². The van der Waals surface area contributed by atoms with Crippen LogP contribution in [0.3, 0.4) is 0 Å². The van der Waals surface area contributed by atoms with Crippen molar-refractivity contribution in [3.8, 4) is 0 Å². The summed E-state index contributed by atoms with van der Waals surface area (Å²) in [5, 5.41) is 3.07. The van der Waals surface area contributed by atoms with Crippen LogP contribution < -0.4 is 5.32 Å². The Morgan fingerprint density at radius 3 is 2.37 bits per heavy atom. The molecule has 1 aliphatic rings. The summed E-state index contributed by atoms with van der Waals surface area (Å²) in [6.07, 6.45) is 2.03. The second kappa shape index (κ2) is 8.09. The summed E-state index contributed by atoms with van der Waals surface area (Å²) in [6.45, 7) is 1.53. The van der Waals surface area contributed by atoms with Gasteiger partial charge >= 0.3 is 5.97 Å². The highest BCUT2D eigenvalue weighted by molar-refractivity contribution is 6.33. The van der Waals surface area contributed by atoms with Gasteiger partial charge in [0.2, 0.25) is 0 Å². The van der Waals surface area contributed by atoms with Gasteiger partial charge in [-0.1, -0.05) is 48.7 Å². The van der Waals surface area contributed by atoms with Crippen LogP contribution in [0, 0.1) is 5.82 Å². The van der Waals surface area contributed by atoms with Crippen molar-refractivity contribution in [2.45, 2.75) is 44.1 Å². The molecule has 0 bridgehead atoms. The summed E-state index contributed by atoms with van der Waals surface area (Å²) in [6, 6.07) is 12.8. The Morgan fingerprint density at radius 2 is 1.74 bits per heavy atom. The first-order chi connectivity index (χ1) is 12.9. The molecule has 1 saturated carbocycles. The summed E-state index contributed by atoms with van der Waals surface area (Å²) in [5.74, 6) is -1.26. The monoisotopic (exact) mass is 389 g/mol. The Kier molecular flexibility index (Phi) is 5.80. The minimum Gasteiger partial charge on any atom is -0.452 e. The fourth-order valence-electron chi connectivity index (χ4n) is 3.48. The van der Waals surface area contributed by atoms with E-state index in [1.54, 1.807) is 36.4 Å². The average Bonchev–Trinajstić information content (AvgIpc) is 3.15. The van der Waals surface area contributed by atoms with Crippen molar-refractivity contribution < 1.29 is 18.7 Å². The Bertz CT molecular complexity index is 832. The maximum Gasteiger partial charge on any atom is 0.317 e. The molecule has 2 aromatic rings. The maximum atomic E-state index is 13.3. The predicted molar refractivity (Wildman–Crippen MR) is 102 cm³/mol. The minimum atomic E-state index is -0.980. The van der Waals surface area contributed by atoms with Crippen LogP contribution in [0.25, 0.3) is 0 Å². The van der Waals surface area contributed by atoms with Crippen molar-refractivity contribution in [3.05, 3.63) is 64.9 Å². The molecule has 6 heteroatoms. The number of hydrogen-bond donors (Lipinski definition) is 1. The first kappa shape index (κ1) is 19.4. The van der Waals surface area contributed by atoms with Crippen molar-refractivity contribution in [1.29, 1.82) is 0 Å². The van der Waals surface area contributed by atoms with E-state index in [0.29, 0.717) is 23.6 Å². The number of halogens is 2. The maximum absolute atomic E-state index is 13.3. The molecule has 4 nitrogen and oxygen atoms in total. The molecule has 1 fully saturated rings. The quantitative estimate of drug-likeness (QED) is 0.743. The van der Waals surface area contributed by atoms with Crippen molar-refractivity contribution >= 4 is 29.2 Å². The number of anilines is 1. The second-order valence-electron chi connectivity index (χ2n) is 6.81. The van der Waals surface area contributed by atoms with E-state index in [1.165, 1.54) is 19.1 Å². The van der Waals surface area contributed by atoms with Crippen LogP contribution in [0.5, 0.6) is 0 Å². The molecule has 0 aliphatic heterocycles. The zero-order chi connectivity index (χ0) is 19.4. The van der Waals surface area contributed by atoms with Crippen LogP contribution in [-0.4, -0.2) is 18.0 Å². The molecule has 0 radical (unpaired) electrons. The molecule has 2 aromatic carbocycles. The first-order valence-electron chi connectivity index (χ1n) is 8.95. The van der Waals surface area contributed by atoms with Crippen LogP contribution in [0.1, 0.15) is 38.2 Å². The molecule has 27 heavy (non-hydrogen) atoms. The molecule has 0 saturated heterocycles. The van der Waals surface area contributed by atoms with Gasteiger partial charge in [0.05, 0.1) is 16.1 Å². The summed E-state index contributed by atoms with van der Waals surface area (Å²) in [7, 11) is 0. The number of esters is 1. The summed E-state index contributed by atoms with van der Waals surface area (Å²) >= 11 is 6.04. The van der Waals surface area contributed by atoms with Gasteiger partial charge in [-0.3, -0.25) is 9.59 Å². The highest BCUT2D eigenvalue weighted by Gasteiger charge is 2.45. The van der Waals surface area contributed by atoms with E-state index >= 15 is 0 Å². The van der Waals surface area contributed by atoms with Gasteiger partial charge in [0.15, 0.2) is 6.10 Å². The highest BCUT2D eigenvalue weighted by atomic mass is 35.5. The molecule has 1 atom stereocenters. The summed E-state index contributed by atoms with van der Waals surface area (Å²) < 4.78 is 18.8. The largest absolute Gasteiger partial charge is 0.452 e. The van der Waals surface area contributed by atoms with Gasteiger partial charge in [-0.15, -0.1) is 0 Å². The molecule has 1 amide bonds. The van der Waals surface area contributed by atoms with Gasteiger partial charge in [0, 0.05) is 0 Å². The standard InChI is InChI=1S/C21H21ClFNO3/c1-14(19(25)24-18-7-3-2-6-17(18)22)27-20(26)21(12-4-5-13-21)15-8-10-16(23)11-9-15/h2-3,6-11,14H,4-5,12-13H2,1H3,(H,24,25)/t14-/m0/s1. The van der Waals surface area contributed by atoms with Gasteiger partial charge in [-0.25, -0.2) is 4.39 Å². The average molecular weight is 390 g/mol. The summed E-state index contributed by atoms with van der Waals surface area (Å²) in [4.78, 5) is 25.4. The van der Waals surface area contributed by atoms with E-state index in [9.17, 15) is 14.0 Å². The summed E-state index contributed by atoms with van der Waals surface area (Å²) in [5.41, 5.74) is 0.360. The number of rotatable bonds is 5. The van der Waals surface area contributed by atoms with Crippen molar-refractivity contribution in [1.82, 2.24) is 0 Å². The van der Waals surface area contributed by atoms with Crippen LogP contribution in [-0.2, 0) is 19.7 Å². The molecule has 0 spiro atoms.